The van der Waals surface area contributed by atoms with Crippen molar-refractivity contribution in [2.45, 2.75) is 13.3 Å². The molecule has 0 aliphatic heterocycles. The zero-order chi connectivity index (χ0) is 14.7. The minimum atomic E-state index is -0.348. The molecular formula is C13H12BrN5O. The molecule has 0 saturated carbocycles. The lowest BCUT2D eigenvalue weighted by Gasteiger charge is -2.08. The zero-order valence-corrected chi connectivity index (χ0v) is 12.4. The number of halogens is 1. The molecule has 0 saturated heterocycles. The summed E-state index contributed by atoms with van der Waals surface area (Å²) < 4.78 is 0.525. The molecule has 1 aromatic carbocycles. The van der Waals surface area contributed by atoms with E-state index in [0.29, 0.717) is 27.5 Å². The van der Waals surface area contributed by atoms with Gasteiger partial charge in [-0.1, -0.05) is 6.92 Å². The predicted molar refractivity (Wildman–Crippen MR) is 79.0 cm³/mol. The van der Waals surface area contributed by atoms with Crippen LogP contribution in [0.15, 0.2) is 16.6 Å². The highest BCUT2D eigenvalue weighted by molar-refractivity contribution is 9.10. The summed E-state index contributed by atoms with van der Waals surface area (Å²) in [5, 5.41) is 20.1. The third kappa shape index (κ3) is 2.42. The van der Waals surface area contributed by atoms with Gasteiger partial charge in [0, 0.05) is 11.9 Å². The number of benzene rings is 1. The molecule has 1 aromatic heterocycles. The number of aromatic nitrogens is 2. The van der Waals surface area contributed by atoms with Crippen molar-refractivity contribution in [1.82, 2.24) is 15.5 Å². The molecule has 2 aromatic rings. The van der Waals surface area contributed by atoms with Crippen molar-refractivity contribution in [1.29, 1.82) is 5.26 Å². The number of hydrogen-bond donors (Lipinski definition) is 2. The molecule has 0 radical (unpaired) electrons. The van der Waals surface area contributed by atoms with Gasteiger partial charge in [-0.3, -0.25) is 4.79 Å². The van der Waals surface area contributed by atoms with Crippen LogP contribution in [-0.2, 0) is 0 Å². The smallest absolute Gasteiger partial charge is 0.273 e. The van der Waals surface area contributed by atoms with Gasteiger partial charge in [-0.05, 0) is 34.5 Å². The van der Waals surface area contributed by atoms with E-state index in [9.17, 15) is 4.79 Å². The first-order valence-electron chi connectivity index (χ1n) is 6.02. The van der Waals surface area contributed by atoms with Crippen molar-refractivity contribution in [3.8, 4) is 6.07 Å². The number of nitrogen functional groups attached to an aromatic ring is 1. The Kier molecular flexibility index (Phi) is 4.15. The molecule has 6 nitrogen and oxygen atoms in total. The average Bonchev–Trinajstić information content (AvgIpc) is 2.46. The molecular weight excluding hydrogens is 322 g/mol. The van der Waals surface area contributed by atoms with Gasteiger partial charge < -0.3 is 11.1 Å². The van der Waals surface area contributed by atoms with Gasteiger partial charge in [0.2, 0.25) is 0 Å². The molecule has 20 heavy (non-hydrogen) atoms. The third-order valence-corrected chi connectivity index (χ3v) is 3.59. The maximum Gasteiger partial charge on any atom is 0.273 e. The maximum atomic E-state index is 11.9. The lowest BCUT2D eigenvalue weighted by atomic mass is 10.1. The lowest BCUT2D eigenvalue weighted by Crippen LogP contribution is -2.26. The zero-order valence-electron chi connectivity index (χ0n) is 10.8. The number of hydrogen-bond acceptors (Lipinski definition) is 5. The van der Waals surface area contributed by atoms with Crippen molar-refractivity contribution >= 4 is 38.4 Å². The van der Waals surface area contributed by atoms with Crippen LogP contribution in [0.2, 0.25) is 0 Å². The van der Waals surface area contributed by atoms with Crippen LogP contribution in [0, 0.1) is 11.3 Å². The number of fused-ring (bicyclic) bond motifs is 1. The van der Waals surface area contributed by atoms with Gasteiger partial charge >= 0.3 is 0 Å². The van der Waals surface area contributed by atoms with Gasteiger partial charge in [-0.25, -0.2) is 0 Å². The number of amides is 1. The molecule has 7 heteroatoms. The van der Waals surface area contributed by atoms with E-state index in [-0.39, 0.29) is 17.3 Å². The molecule has 2 rings (SSSR count). The fraction of sp³-hybridized carbons (Fsp3) is 0.231. The summed E-state index contributed by atoms with van der Waals surface area (Å²) in [4.78, 5) is 11.9. The van der Waals surface area contributed by atoms with Gasteiger partial charge in [0.05, 0.1) is 15.7 Å². The number of nitrogens with two attached hydrogens (primary N) is 1. The van der Waals surface area contributed by atoms with Gasteiger partial charge in [-0.2, -0.15) is 5.26 Å². The molecule has 0 fully saturated rings. The highest BCUT2D eigenvalue weighted by Gasteiger charge is 2.17. The number of anilines is 1. The average molecular weight is 334 g/mol. The van der Waals surface area contributed by atoms with Crippen LogP contribution in [0.4, 0.5) is 5.69 Å². The Morgan fingerprint density at radius 2 is 2.25 bits per heavy atom. The monoisotopic (exact) mass is 333 g/mol. The van der Waals surface area contributed by atoms with E-state index >= 15 is 0 Å². The van der Waals surface area contributed by atoms with Gasteiger partial charge in [0.1, 0.15) is 11.6 Å². The Hall–Kier alpha value is -2.20. The lowest BCUT2D eigenvalue weighted by molar-refractivity contribution is 0.0949. The van der Waals surface area contributed by atoms with Crippen LogP contribution < -0.4 is 11.1 Å². The van der Waals surface area contributed by atoms with Gasteiger partial charge in [0.25, 0.3) is 5.91 Å². The Labute approximate surface area is 124 Å². The normalized spacial score (nSPS) is 10.2. The molecule has 0 spiro atoms. The Morgan fingerprint density at radius 1 is 1.50 bits per heavy atom. The molecule has 0 aliphatic carbocycles. The van der Waals surface area contributed by atoms with Gasteiger partial charge in [-0.15, -0.1) is 10.2 Å². The predicted octanol–water partition coefficient (Wildman–Crippen LogP) is 1.99. The largest absolute Gasteiger partial charge is 0.396 e. The number of nitriles is 1. The van der Waals surface area contributed by atoms with E-state index in [2.05, 4.69) is 31.4 Å². The fourth-order valence-corrected chi connectivity index (χ4v) is 2.25. The molecule has 0 unspecified atom stereocenters. The number of nitrogens with zero attached hydrogens (tertiary/aromatic N) is 3. The van der Waals surface area contributed by atoms with E-state index in [4.69, 9.17) is 11.0 Å². The minimum Gasteiger partial charge on any atom is -0.396 e. The summed E-state index contributed by atoms with van der Waals surface area (Å²) in [6.07, 6.45) is 0.823. The second-order valence-electron chi connectivity index (χ2n) is 4.15. The van der Waals surface area contributed by atoms with E-state index < -0.39 is 0 Å². The van der Waals surface area contributed by atoms with Crippen molar-refractivity contribution in [3.63, 3.8) is 0 Å². The second kappa shape index (κ2) is 5.84. The van der Waals surface area contributed by atoms with E-state index in [0.717, 1.165) is 6.42 Å². The van der Waals surface area contributed by atoms with Crippen molar-refractivity contribution < 1.29 is 4.79 Å². The summed E-state index contributed by atoms with van der Waals surface area (Å²) in [6.45, 7) is 2.51. The van der Waals surface area contributed by atoms with Crippen LogP contribution in [0.1, 0.15) is 29.4 Å². The molecule has 0 bridgehead atoms. The Bertz CT molecular complexity index is 723. The number of rotatable bonds is 3. The highest BCUT2D eigenvalue weighted by Crippen LogP contribution is 2.29. The molecule has 1 amide bonds. The standard InChI is InChI=1S/C13H12BrN5O/c1-2-5-17-13(20)12-10(16)8-4-3-7(6-15)9(14)11(8)18-19-12/h3-4H,2,5H2,1H3,(H2,16,18)(H,17,20). The van der Waals surface area contributed by atoms with E-state index in [1.54, 1.807) is 12.1 Å². The van der Waals surface area contributed by atoms with Crippen molar-refractivity contribution in [3.05, 3.63) is 27.9 Å². The van der Waals surface area contributed by atoms with Crippen LogP contribution in [-0.4, -0.2) is 22.6 Å². The minimum absolute atomic E-state index is 0.0996. The first-order valence-corrected chi connectivity index (χ1v) is 6.82. The van der Waals surface area contributed by atoms with E-state index in [1.807, 2.05) is 13.0 Å². The molecule has 0 aliphatic rings. The second-order valence-corrected chi connectivity index (χ2v) is 4.95. The summed E-state index contributed by atoms with van der Waals surface area (Å²) in [7, 11) is 0. The summed E-state index contributed by atoms with van der Waals surface area (Å²) in [5.74, 6) is -0.348. The Morgan fingerprint density at radius 3 is 2.90 bits per heavy atom. The highest BCUT2D eigenvalue weighted by atomic mass is 79.9. The maximum absolute atomic E-state index is 11.9. The van der Waals surface area contributed by atoms with Crippen LogP contribution in [0.25, 0.3) is 10.9 Å². The topological polar surface area (TPSA) is 105 Å². The van der Waals surface area contributed by atoms with Crippen LogP contribution in [0.3, 0.4) is 0 Å². The molecule has 3 N–H and O–H groups in total. The van der Waals surface area contributed by atoms with E-state index in [1.165, 1.54) is 0 Å². The first kappa shape index (κ1) is 14.2. The quantitative estimate of drug-likeness (QED) is 0.893. The summed E-state index contributed by atoms with van der Waals surface area (Å²) in [6, 6.07) is 5.33. The Balaban J connectivity index is 2.55. The number of nitrogens with one attached hydrogen (secondary N) is 1. The molecule has 0 atom stereocenters. The van der Waals surface area contributed by atoms with Crippen LogP contribution in [0.5, 0.6) is 0 Å². The van der Waals surface area contributed by atoms with Gasteiger partial charge in [0.15, 0.2) is 5.69 Å². The molecule has 102 valence electrons. The summed E-state index contributed by atoms with van der Waals surface area (Å²) in [5.41, 5.74) is 7.25. The third-order valence-electron chi connectivity index (χ3n) is 2.78. The SMILES string of the molecule is CCCNC(=O)c1nnc2c(Br)c(C#N)ccc2c1N. The summed E-state index contributed by atoms with van der Waals surface area (Å²) >= 11 is 3.30. The molecule has 1 heterocycles. The van der Waals surface area contributed by atoms with Crippen molar-refractivity contribution in [2.75, 3.05) is 12.3 Å². The number of carbonyl (C=O) groups is 1. The van der Waals surface area contributed by atoms with Crippen molar-refractivity contribution in [2.24, 2.45) is 0 Å². The number of carbonyl (C=O) groups excluding carboxylic acids is 1. The first-order chi connectivity index (χ1) is 9.60. The fourth-order valence-electron chi connectivity index (χ4n) is 1.74. The van der Waals surface area contributed by atoms with Crippen LogP contribution >= 0.6 is 15.9 Å².